The molecule has 3 rings (SSSR count). The van der Waals surface area contributed by atoms with Crippen LogP contribution in [0.2, 0.25) is 5.15 Å². The SMILES string of the molecule is C#Cc1cccc(-c2cc(-n3nccc3C)cc(Cl)n2)c1. The summed E-state index contributed by atoms with van der Waals surface area (Å²) in [6.07, 6.45) is 7.20. The van der Waals surface area contributed by atoms with Gasteiger partial charge in [0.2, 0.25) is 0 Å². The minimum Gasteiger partial charge on any atom is -0.238 e. The van der Waals surface area contributed by atoms with Crippen molar-refractivity contribution in [2.75, 3.05) is 0 Å². The Morgan fingerprint density at radius 3 is 2.76 bits per heavy atom. The molecule has 0 aliphatic heterocycles. The zero-order chi connectivity index (χ0) is 14.8. The van der Waals surface area contributed by atoms with E-state index in [1.165, 1.54) is 0 Å². The average Bonchev–Trinajstić information content (AvgIpc) is 2.93. The van der Waals surface area contributed by atoms with Crippen molar-refractivity contribution in [1.29, 1.82) is 0 Å². The van der Waals surface area contributed by atoms with Crippen LogP contribution >= 0.6 is 11.6 Å². The van der Waals surface area contributed by atoms with Gasteiger partial charge in [0.1, 0.15) is 5.15 Å². The van der Waals surface area contributed by atoms with Crippen LogP contribution in [0.5, 0.6) is 0 Å². The number of terminal acetylenes is 1. The van der Waals surface area contributed by atoms with Crippen LogP contribution < -0.4 is 0 Å². The molecule has 2 heterocycles. The Kier molecular flexibility index (Phi) is 3.47. The highest BCUT2D eigenvalue weighted by molar-refractivity contribution is 6.29. The summed E-state index contributed by atoms with van der Waals surface area (Å²) in [5.74, 6) is 2.62. The first-order valence-corrected chi connectivity index (χ1v) is 6.81. The maximum absolute atomic E-state index is 6.15. The van der Waals surface area contributed by atoms with Crippen LogP contribution in [0.1, 0.15) is 11.3 Å². The summed E-state index contributed by atoms with van der Waals surface area (Å²) in [5.41, 5.74) is 4.41. The zero-order valence-corrected chi connectivity index (χ0v) is 12.2. The van der Waals surface area contributed by atoms with Gasteiger partial charge in [0, 0.05) is 29.1 Å². The normalized spacial score (nSPS) is 10.3. The Morgan fingerprint density at radius 2 is 2.05 bits per heavy atom. The molecular weight excluding hydrogens is 282 g/mol. The molecule has 21 heavy (non-hydrogen) atoms. The lowest BCUT2D eigenvalue weighted by Gasteiger charge is -2.08. The van der Waals surface area contributed by atoms with E-state index < -0.39 is 0 Å². The maximum Gasteiger partial charge on any atom is 0.131 e. The van der Waals surface area contributed by atoms with E-state index in [0.29, 0.717) is 5.15 Å². The number of nitrogens with zero attached hydrogens (tertiary/aromatic N) is 3. The van der Waals surface area contributed by atoms with Gasteiger partial charge in [0.15, 0.2) is 0 Å². The Morgan fingerprint density at radius 1 is 1.19 bits per heavy atom. The molecule has 0 amide bonds. The molecule has 0 saturated heterocycles. The molecule has 2 aromatic heterocycles. The van der Waals surface area contributed by atoms with Gasteiger partial charge in [0.25, 0.3) is 0 Å². The quantitative estimate of drug-likeness (QED) is 0.530. The van der Waals surface area contributed by atoms with E-state index in [1.54, 1.807) is 12.3 Å². The molecule has 0 atom stereocenters. The van der Waals surface area contributed by atoms with Crippen LogP contribution in [0.4, 0.5) is 0 Å². The number of benzene rings is 1. The number of hydrogen-bond donors (Lipinski definition) is 0. The zero-order valence-electron chi connectivity index (χ0n) is 11.4. The summed E-state index contributed by atoms with van der Waals surface area (Å²) in [6.45, 7) is 1.99. The van der Waals surface area contributed by atoms with Gasteiger partial charge in [-0.05, 0) is 31.2 Å². The molecule has 0 aliphatic carbocycles. The van der Waals surface area contributed by atoms with Gasteiger partial charge >= 0.3 is 0 Å². The number of halogens is 1. The molecule has 3 aromatic rings. The minimum absolute atomic E-state index is 0.420. The van der Waals surface area contributed by atoms with Crippen LogP contribution in [-0.2, 0) is 0 Å². The fourth-order valence-corrected chi connectivity index (χ4v) is 2.36. The highest BCUT2D eigenvalue weighted by Crippen LogP contribution is 2.24. The number of hydrogen-bond acceptors (Lipinski definition) is 2. The Balaban J connectivity index is 2.14. The lowest BCUT2D eigenvalue weighted by molar-refractivity contribution is 0.845. The smallest absolute Gasteiger partial charge is 0.131 e. The fourth-order valence-electron chi connectivity index (χ4n) is 2.16. The highest BCUT2D eigenvalue weighted by atomic mass is 35.5. The predicted molar refractivity (Wildman–Crippen MR) is 84.5 cm³/mol. The molecule has 0 N–H and O–H groups in total. The lowest BCUT2D eigenvalue weighted by Crippen LogP contribution is -2.00. The first-order chi connectivity index (χ1) is 10.2. The third-order valence-electron chi connectivity index (χ3n) is 3.18. The van der Waals surface area contributed by atoms with Crippen molar-refractivity contribution >= 4 is 11.6 Å². The molecule has 0 radical (unpaired) electrons. The van der Waals surface area contributed by atoms with Gasteiger partial charge in [-0.15, -0.1) is 6.42 Å². The van der Waals surface area contributed by atoms with Crippen LogP contribution in [0.15, 0.2) is 48.7 Å². The average molecular weight is 294 g/mol. The van der Waals surface area contributed by atoms with Gasteiger partial charge in [0.05, 0.1) is 11.4 Å². The van der Waals surface area contributed by atoms with Crippen LogP contribution in [0, 0.1) is 19.3 Å². The van der Waals surface area contributed by atoms with E-state index in [2.05, 4.69) is 16.0 Å². The molecule has 0 fully saturated rings. The Bertz CT molecular complexity index is 843. The number of rotatable bonds is 2. The van der Waals surface area contributed by atoms with E-state index in [-0.39, 0.29) is 0 Å². The molecule has 102 valence electrons. The summed E-state index contributed by atoms with van der Waals surface area (Å²) in [4.78, 5) is 4.37. The predicted octanol–water partition coefficient (Wildman–Crippen LogP) is 3.88. The summed E-state index contributed by atoms with van der Waals surface area (Å²) >= 11 is 6.15. The summed E-state index contributed by atoms with van der Waals surface area (Å²) in [6, 6.07) is 13.3. The van der Waals surface area contributed by atoms with Gasteiger partial charge in [-0.25, -0.2) is 9.67 Å². The lowest BCUT2D eigenvalue weighted by atomic mass is 10.1. The highest BCUT2D eigenvalue weighted by Gasteiger charge is 2.08. The summed E-state index contributed by atoms with van der Waals surface area (Å²) in [7, 11) is 0. The number of pyridine rings is 1. The van der Waals surface area contributed by atoms with E-state index in [1.807, 2.05) is 48.0 Å². The Hall–Kier alpha value is -2.57. The van der Waals surface area contributed by atoms with Crippen molar-refractivity contribution in [3.63, 3.8) is 0 Å². The molecule has 0 unspecified atom stereocenters. The second kappa shape index (κ2) is 5.43. The van der Waals surface area contributed by atoms with E-state index in [0.717, 1.165) is 28.2 Å². The van der Waals surface area contributed by atoms with Crippen molar-refractivity contribution in [2.45, 2.75) is 6.92 Å². The molecule has 0 aliphatic rings. The second-order valence-electron chi connectivity index (χ2n) is 4.64. The third-order valence-corrected chi connectivity index (χ3v) is 3.37. The van der Waals surface area contributed by atoms with E-state index in [9.17, 15) is 0 Å². The minimum atomic E-state index is 0.420. The standard InChI is InChI=1S/C17H12ClN3/c1-3-13-5-4-6-14(9-13)16-10-15(11-17(18)20-16)21-12(2)7-8-19-21/h1,4-11H,2H3. The van der Waals surface area contributed by atoms with E-state index >= 15 is 0 Å². The fraction of sp³-hybridized carbons (Fsp3) is 0.0588. The Labute approximate surface area is 128 Å². The molecule has 1 aromatic carbocycles. The van der Waals surface area contributed by atoms with Crippen LogP contribution in [0.3, 0.4) is 0 Å². The van der Waals surface area contributed by atoms with Gasteiger partial charge < -0.3 is 0 Å². The molecule has 4 heteroatoms. The van der Waals surface area contributed by atoms with Gasteiger partial charge in [-0.2, -0.15) is 5.10 Å². The largest absolute Gasteiger partial charge is 0.238 e. The van der Waals surface area contributed by atoms with Crippen LogP contribution in [0.25, 0.3) is 16.9 Å². The second-order valence-corrected chi connectivity index (χ2v) is 5.03. The third kappa shape index (κ3) is 2.67. The van der Waals surface area contributed by atoms with Crippen molar-refractivity contribution in [3.8, 4) is 29.3 Å². The monoisotopic (exact) mass is 293 g/mol. The van der Waals surface area contributed by atoms with Crippen molar-refractivity contribution in [3.05, 3.63) is 65.1 Å². The van der Waals surface area contributed by atoms with E-state index in [4.69, 9.17) is 18.0 Å². The topological polar surface area (TPSA) is 30.7 Å². The van der Waals surface area contributed by atoms with Crippen molar-refractivity contribution in [2.24, 2.45) is 0 Å². The molecular formula is C17H12ClN3. The molecule has 0 saturated carbocycles. The summed E-state index contributed by atoms with van der Waals surface area (Å²) in [5, 5.41) is 4.71. The number of aromatic nitrogens is 3. The van der Waals surface area contributed by atoms with Gasteiger partial charge in [-0.1, -0.05) is 29.7 Å². The summed E-state index contributed by atoms with van der Waals surface area (Å²) < 4.78 is 1.82. The maximum atomic E-state index is 6.15. The van der Waals surface area contributed by atoms with Crippen molar-refractivity contribution < 1.29 is 0 Å². The molecule has 0 bridgehead atoms. The molecule has 3 nitrogen and oxygen atoms in total. The van der Waals surface area contributed by atoms with Gasteiger partial charge in [-0.3, -0.25) is 0 Å². The first kappa shape index (κ1) is 13.4. The first-order valence-electron chi connectivity index (χ1n) is 6.43. The van der Waals surface area contributed by atoms with Crippen LogP contribution in [-0.4, -0.2) is 14.8 Å². The van der Waals surface area contributed by atoms with Crippen molar-refractivity contribution in [1.82, 2.24) is 14.8 Å². The number of aryl methyl sites for hydroxylation is 1. The molecule has 0 spiro atoms.